The van der Waals surface area contributed by atoms with Crippen molar-refractivity contribution in [3.63, 3.8) is 0 Å². The van der Waals surface area contributed by atoms with Gasteiger partial charge in [-0.05, 0) is 59.4 Å². The molecule has 0 saturated heterocycles. The van der Waals surface area contributed by atoms with Crippen molar-refractivity contribution in [3.8, 4) is 22.6 Å². The number of carbonyl (C=O) groups excluding carboxylic acids is 1. The second-order valence-corrected chi connectivity index (χ2v) is 7.57. The monoisotopic (exact) mass is 403 g/mol. The van der Waals surface area contributed by atoms with E-state index in [0.717, 1.165) is 0 Å². The molecule has 154 valence electrons. The van der Waals surface area contributed by atoms with Gasteiger partial charge in [-0.15, -0.1) is 0 Å². The van der Waals surface area contributed by atoms with Crippen LogP contribution < -0.4 is 10.1 Å². The van der Waals surface area contributed by atoms with Crippen molar-refractivity contribution in [1.82, 2.24) is 5.32 Å². The highest BCUT2D eigenvalue weighted by Gasteiger charge is 2.29. The van der Waals surface area contributed by atoms with E-state index < -0.39 is 6.09 Å². The molecular weight excluding hydrogens is 378 g/mol. The number of aromatic hydroxyl groups is 1. The lowest BCUT2D eigenvalue weighted by Crippen LogP contribution is -2.35. The number of benzene rings is 3. The largest absolute Gasteiger partial charge is 0.508 e. The Hall–Kier alpha value is -3.47. The van der Waals surface area contributed by atoms with Gasteiger partial charge in [0.2, 0.25) is 0 Å². The van der Waals surface area contributed by atoms with Crippen LogP contribution in [-0.2, 0) is 11.2 Å². The lowest BCUT2D eigenvalue weighted by Gasteiger charge is -2.18. The first-order valence-corrected chi connectivity index (χ1v) is 10.0. The van der Waals surface area contributed by atoms with Crippen molar-refractivity contribution >= 4 is 6.09 Å². The topological polar surface area (TPSA) is 67.8 Å². The number of hydrogen-bond donors (Lipinski definition) is 2. The Morgan fingerprint density at radius 3 is 2.30 bits per heavy atom. The molecule has 0 heterocycles. The molecule has 1 amide bonds. The summed E-state index contributed by atoms with van der Waals surface area (Å²) in [6.07, 6.45) is -0.000469. The summed E-state index contributed by atoms with van der Waals surface area (Å²) in [5.74, 6) is 0.869. The van der Waals surface area contributed by atoms with E-state index in [4.69, 9.17) is 9.47 Å². The minimum Gasteiger partial charge on any atom is -0.508 e. The molecule has 0 fully saturated rings. The van der Waals surface area contributed by atoms with Gasteiger partial charge >= 0.3 is 6.09 Å². The zero-order chi connectivity index (χ0) is 21.1. The summed E-state index contributed by atoms with van der Waals surface area (Å²) < 4.78 is 10.8. The molecule has 1 unspecified atom stereocenters. The molecule has 1 aliphatic rings. The van der Waals surface area contributed by atoms with E-state index in [1.807, 2.05) is 31.2 Å². The first-order valence-electron chi connectivity index (χ1n) is 10.0. The highest BCUT2D eigenvalue weighted by molar-refractivity contribution is 5.79. The minimum atomic E-state index is -0.466. The van der Waals surface area contributed by atoms with Crippen LogP contribution in [0, 0.1) is 0 Å². The van der Waals surface area contributed by atoms with Gasteiger partial charge < -0.3 is 19.9 Å². The maximum absolute atomic E-state index is 12.4. The summed E-state index contributed by atoms with van der Waals surface area (Å²) in [4.78, 5) is 12.4. The van der Waals surface area contributed by atoms with Gasteiger partial charge in [0.25, 0.3) is 0 Å². The maximum atomic E-state index is 12.4. The number of phenolic OH excluding ortho intramolecular Hbond substituents is 1. The number of ether oxygens (including phenoxy) is 2. The Balaban J connectivity index is 1.38. The first-order chi connectivity index (χ1) is 14.6. The van der Waals surface area contributed by atoms with Crippen molar-refractivity contribution in [2.24, 2.45) is 0 Å². The van der Waals surface area contributed by atoms with Crippen molar-refractivity contribution < 1.29 is 19.4 Å². The number of phenols is 1. The van der Waals surface area contributed by atoms with Crippen molar-refractivity contribution in [2.75, 3.05) is 13.7 Å². The molecule has 5 heteroatoms. The van der Waals surface area contributed by atoms with Gasteiger partial charge in [0, 0.05) is 12.0 Å². The molecular formula is C25H25NO4. The van der Waals surface area contributed by atoms with Crippen molar-refractivity contribution in [2.45, 2.75) is 25.3 Å². The third-order valence-electron chi connectivity index (χ3n) is 5.52. The minimum absolute atomic E-state index is 0.0286. The number of alkyl carbamates (subject to hydrolysis) is 1. The van der Waals surface area contributed by atoms with Crippen LogP contribution in [0.4, 0.5) is 4.79 Å². The van der Waals surface area contributed by atoms with Gasteiger partial charge in [-0.1, -0.05) is 48.5 Å². The summed E-state index contributed by atoms with van der Waals surface area (Å²) in [6, 6.07) is 21.3. The summed E-state index contributed by atoms with van der Waals surface area (Å²) in [5.41, 5.74) is 5.47. The highest BCUT2D eigenvalue weighted by Crippen LogP contribution is 2.44. The van der Waals surface area contributed by atoms with Crippen LogP contribution in [0.1, 0.15) is 29.5 Å². The van der Waals surface area contributed by atoms with E-state index >= 15 is 0 Å². The Kier molecular flexibility index (Phi) is 5.61. The molecule has 30 heavy (non-hydrogen) atoms. The predicted molar refractivity (Wildman–Crippen MR) is 116 cm³/mol. The SMILES string of the molecule is COc1ccc(O)c(CC(C)NC(=O)OCC2c3ccccc3-c3ccccc32)c1. The first kappa shape index (κ1) is 19.8. The van der Waals surface area contributed by atoms with E-state index in [2.05, 4.69) is 29.6 Å². The molecule has 3 aromatic carbocycles. The number of amides is 1. The fourth-order valence-corrected chi connectivity index (χ4v) is 4.07. The lowest BCUT2D eigenvalue weighted by atomic mass is 9.98. The fraction of sp³-hybridized carbons (Fsp3) is 0.240. The predicted octanol–water partition coefficient (Wildman–Crippen LogP) is 4.87. The third-order valence-corrected chi connectivity index (χ3v) is 5.52. The van der Waals surface area contributed by atoms with Crippen LogP contribution in [0.5, 0.6) is 11.5 Å². The van der Waals surface area contributed by atoms with E-state index in [1.54, 1.807) is 25.3 Å². The van der Waals surface area contributed by atoms with E-state index in [9.17, 15) is 9.90 Å². The van der Waals surface area contributed by atoms with Gasteiger partial charge in [0.15, 0.2) is 0 Å². The van der Waals surface area contributed by atoms with Gasteiger partial charge in [0.05, 0.1) is 7.11 Å². The van der Waals surface area contributed by atoms with Crippen LogP contribution >= 0.6 is 0 Å². The van der Waals surface area contributed by atoms with E-state index in [0.29, 0.717) is 17.7 Å². The van der Waals surface area contributed by atoms with Gasteiger partial charge in [0.1, 0.15) is 18.1 Å². The highest BCUT2D eigenvalue weighted by atomic mass is 16.5. The quantitative estimate of drug-likeness (QED) is 0.616. The number of hydrogen-bond acceptors (Lipinski definition) is 4. The smallest absolute Gasteiger partial charge is 0.407 e. The zero-order valence-electron chi connectivity index (χ0n) is 17.1. The number of fused-ring (bicyclic) bond motifs is 3. The summed E-state index contributed by atoms with van der Waals surface area (Å²) in [7, 11) is 1.58. The fourth-order valence-electron chi connectivity index (χ4n) is 4.07. The normalized spacial score (nSPS) is 13.3. The van der Waals surface area contributed by atoms with Crippen LogP contribution in [0.2, 0.25) is 0 Å². The lowest BCUT2D eigenvalue weighted by molar-refractivity contribution is 0.139. The number of methoxy groups -OCH3 is 1. The summed E-state index contributed by atoms with van der Waals surface area (Å²) in [5, 5.41) is 12.9. The average molecular weight is 403 g/mol. The van der Waals surface area contributed by atoms with Crippen molar-refractivity contribution in [3.05, 3.63) is 83.4 Å². The van der Waals surface area contributed by atoms with Gasteiger partial charge in [-0.3, -0.25) is 0 Å². The molecule has 0 aliphatic heterocycles. The standard InChI is InChI=1S/C25H25NO4/c1-16(13-17-14-18(29-2)11-12-24(17)27)26-25(28)30-15-23-21-9-5-3-7-19(21)20-8-4-6-10-22(20)23/h3-12,14,16,23,27H,13,15H2,1-2H3,(H,26,28). The van der Waals surface area contributed by atoms with E-state index in [-0.39, 0.29) is 24.3 Å². The Bertz CT molecular complexity index is 1020. The molecule has 0 aromatic heterocycles. The Labute approximate surface area is 176 Å². The second-order valence-electron chi connectivity index (χ2n) is 7.57. The summed E-state index contributed by atoms with van der Waals surface area (Å²) >= 11 is 0. The van der Waals surface area contributed by atoms with Gasteiger partial charge in [-0.25, -0.2) is 4.79 Å². The van der Waals surface area contributed by atoms with Crippen LogP contribution in [0.3, 0.4) is 0 Å². The van der Waals surface area contributed by atoms with Gasteiger partial charge in [-0.2, -0.15) is 0 Å². The molecule has 1 atom stereocenters. The molecule has 1 aliphatic carbocycles. The number of carbonyl (C=O) groups is 1. The molecule has 2 N–H and O–H groups in total. The molecule has 0 spiro atoms. The van der Waals surface area contributed by atoms with Crippen LogP contribution in [0.15, 0.2) is 66.7 Å². The van der Waals surface area contributed by atoms with Crippen LogP contribution in [0.25, 0.3) is 11.1 Å². The molecule has 0 bridgehead atoms. The zero-order valence-corrected chi connectivity index (χ0v) is 17.1. The maximum Gasteiger partial charge on any atom is 0.407 e. The number of nitrogens with one attached hydrogen (secondary N) is 1. The average Bonchev–Trinajstić information content (AvgIpc) is 3.07. The molecule has 4 rings (SSSR count). The van der Waals surface area contributed by atoms with E-state index in [1.165, 1.54) is 22.3 Å². The molecule has 0 saturated carbocycles. The van der Waals surface area contributed by atoms with Crippen molar-refractivity contribution in [1.29, 1.82) is 0 Å². The Morgan fingerprint density at radius 1 is 1.03 bits per heavy atom. The van der Waals surface area contributed by atoms with Crippen LogP contribution in [-0.4, -0.2) is 31.0 Å². The molecule has 0 radical (unpaired) electrons. The third kappa shape index (κ3) is 3.96. The Morgan fingerprint density at radius 2 is 1.67 bits per heavy atom. The number of rotatable bonds is 6. The second kappa shape index (κ2) is 8.49. The molecule has 3 aromatic rings. The summed E-state index contributed by atoms with van der Waals surface area (Å²) in [6.45, 7) is 2.15. The molecule has 5 nitrogen and oxygen atoms in total.